The van der Waals surface area contributed by atoms with Crippen LogP contribution in [-0.2, 0) is 0 Å². The zero-order chi connectivity index (χ0) is 17.5. The van der Waals surface area contributed by atoms with Crippen LogP contribution >= 0.6 is 0 Å². The summed E-state index contributed by atoms with van der Waals surface area (Å²) in [6.45, 7) is 4.17. The van der Waals surface area contributed by atoms with Gasteiger partial charge in [0, 0.05) is 24.5 Å². The minimum Gasteiger partial charge on any atom is -0.497 e. The first-order valence-corrected chi connectivity index (χ1v) is 7.82. The van der Waals surface area contributed by atoms with Gasteiger partial charge in [-0.1, -0.05) is 6.92 Å². The summed E-state index contributed by atoms with van der Waals surface area (Å²) in [5, 5.41) is 6.14. The van der Waals surface area contributed by atoms with Crippen molar-refractivity contribution in [3.8, 4) is 11.5 Å². The summed E-state index contributed by atoms with van der Waals surface area (Å²) in [4.78, 5) is 16.6. The van der Waals surface area contributed by atoms with E-state index in [1.807, 2.05) is 0 Å². The molecule has 1 unspecified atom stereocenters. The van der Waals surface area contributed by atoms with Gasteiger partial charge in [-0.05, 0) is 31.5 Å². The first-order chi connectivity index (χ1) is 11.6. The Morgan fingerprint density at radius 1 is 1.21 bits per heavy atom. The fourth-order valence-electron chi connectivity index (χ4n) is 2.13. The van der Waals surface area contributed by atoms with E-state index in [1.54, 1.807) is 44.7 Å². The third-order valence-electron chi connectivity index (χ3n) is 3.68. The molecule has 2 N–H and O–H groups in total. The largest absolute Gasteiger partial charge is 0.497 e. The molecule has 0 bridgehead atoms. The van der Waals surface area contributed by atoms with Crippen LogP contribution in [-0.4, -0.2) is 31.2 Å². The van der Waals surface area contributed by atoms with Gasteiger partial charge >= 0.3 is 0 Å². The van der Waals surface area contributed by atoms with Crippen molar-refractivity contribution in [1.82, 2.24) is 4.98 Å². The number of aromatic nitrogens is 1. The maximum Gasteiger partial charge on any atom is 0.257 e. The van der Waals surface area contributed by atoms with Crippen molar-refractivity contribution in [2.24, 2.45) is 0 Å². The van der Waals surface area contributed by atoms with Crippen LogP contribution in [0.3, 0.4) is 0 Å². The first-order valence-electron chi connectivity index (χ1n) is 7.82. The van der Waals surface area contributed by atoms with Crippen molar-refractivity contribution >= 4 is 17.3 Å². The Labute approximate surface area is 142 Å². The molecule has 0 aliphatic carbocycles. The lowest BCUT2D eigenvalue weighted by atomic mass is 10.2. The van der Waals surface area contributed by atoms with E-state index in [1.165, 1.54) is 6.20 Å². The molecule has 0 saturated carbocycles. The fourth-order valence-corrected chi connectivity index (χ4v) is 2.13. The number of methoxy groups -OCH3 is 2. The number of hydrogen-bond donors (Lipinski definition) is 2. The number of rotatable bonds is 7. The maximum absolute atomic E-state index is 12.5. The van der Waals surface area contributed by atoms with Crippen LogP contribution in [0.4, 0.5) is 11.4 Å². The molecular formula is C18H23N3O3. The normalized spacial score (nSPS) is 11.5. The average molecular weight is 329 g/mol. The predicted molar refractivity (Wildman–Crippen MR) is 95.1 cm³/mol. The van der Waals surface area contributed by atoms with Crippen LogP contribution in [0.5, 0.6) is 11.5 Å². The molecule has 6 nitrogen and oxygen atoms in total. The standard InChI is InChI=1S/C18H23N3O3/c1-5-12(2)20-14-8-13(10-19-11-14)18(22)21-16-7-6-15(23-3)9-17(16)24-4/h6-12,20H,5H2,1-4H3,(H,21,22). The number of benzene rings is 1. The molecule has 1 heterocycles. The highest BCUT2D eigenvalue weighted by molar-refractivity contribution is 6.05. The van der Waals surface area contributed by atoms with Gasteiger partial charge in [0.15, 0.2) is 0 Å². The van der Waals surface area contributed by atoms with E-state index in [0.29, 0.717) is 28.8 Å². The molecule has 1 atom stereocenters. The Kier molecular flexibility index (Phi) is 6.01. The highest BCUT2D eigenvalue weighted by Crippen LogP contribution is 2.29. The second-order valence-corrected chi connectivity index (χ2v) is 5.44. The van der Waals surface area contributed by atoms with Crippen LogP contribution in [0.25, 0.3) is 0 Å². The van der Waals surface area contributed by atoms with Crippen LogP contribution in [0.1, 0.15) is 30.6 Å². The maximum atomic E-state index is 12.5. The molecule has 0 spiro atoms. The number of pyridine rings is 1. The van der Waals surface area contributed by atoms with Gasteiger partial charge in [-0.15, -0.1) is 0 Å². The molecule has 0 aliphatic heterocycles. The molecule has 2 aromatic rings. The first kappa shape index (κ1) is 17.6. The number of nitrogens with one attached hydrogen (secondary N) is 2. The van der Waals surface area contributed by atoms with E-state index >= 15 is 0 Å². The van der Waals surface area contributed by atoms with Gasteiger partial charge in [0.05, 0.1) is 31.2 Å². The summed E-state index contributed by atoms with van der Waals surface area (Å²) in [5.41, 5.74) is 1.86. The number of nitrogens with zero attached hydrogens (tertiary/aromatic N) is 1. The molecule has 0 saturated heterocycles. The smallest absolute Gasteiger partial charge is 0.257 e. The second-order valence-electron chi connectivity index (χ2n) is 5.44. The lowest BCUT2D eigenvalue weighted by Gasteiger charge is -2.14. The highest BCUT2D eigenvalue weighted by Gasteiger charge is 2.12. The Balaban J connectivity index is 2.16. The summed E-state index contributed by atoms with van der Waals surface area (Å²) in [6.07, 6.45) is 4.23. The number of hydrogen-bond acceptors (Lipinski definition) is 5. The van der Waals surface area contributed by atoms with E-state index in [9.17, 15) is 4.79 Å². The molecule has 1 aromatic heterocycles. The average Bonchev–Trinajstić information content (AvgIpc) is 2.62. The molecule has 0 fully saturated rings. The minimum absolute atomic E-state index is 0.251. The van der Waals surface area contributed by atoms with E-state index in [0.717, 1.165) is 12.1 Å². The molecule has 1 amide bonds. The van der Waals surface area contributed by atoms with Crippen LogP contribution in [0, 0.1) is 0 Å². The summed E-state index contributed by atoms with van der Waals surface area (Å²) >= 11 is 0. The van der Waals surface area contributed by atoms with Gasteiger partial charge in [-0.25, -0.2) is 0 Å². The van der Waals surface area contributed by atoms with Crippen LogP contribution in [0.15, 0.2) is 36.7 Å². The number of carbonyl (C=O) groups is 1. The zero-order valence-electron chi connectivity index (χ0n) is 14.4. The molecule has 0 radical (unpaired) electrons. The zero-order valence-corrected chi connectivity index (χ0v) is 14.4. The van der Waals surface area contributed by atoms with Gasteiger partial charge in [-0.2, -0.15) is 0 Å². The van der Waals surface area contributed by atoms with Crippen molar-refractivity contribution in [3.05, 3.63) is 42.2 Å². The van der Waals surface area contributed by atoms with E-state index in [-0.39, 0.29) is 5.91 Å². The van der Waals surface area contributed by atoms with Crippen molar-refractivity contribution in [1.29, 1.82) is 0 Å². The summed E-state index contributed by atoms with van der Waals surface area (Å²) in [7, 11) is 3.12. The van der Waals surface area contributed by atoms with Gasteiger partial charge in [0.2, 0.25) is 0 Å². The second kappa shape index (κ2) is 8.19. The fraction of sp³-hybridized carbons (Fsp3) is 0.333. The molecular weight excluding hydrogens is 306 g/mol. The van der Waals surface area contributed by atoms with Gasteiger partial charge in [0.1, 0.15) is 11.5 Å². The SMILES string of the molecule is CCC(C)Nc1cncc(C(=O)Nc2ccc(OC)cc2OC)c1. The number of amides is 1. The lowest BCUT2D eigenvalue weighted by molar-refractivity contribution is 0.102. The van der Waals surface area contributed by atoms with E-state index in [4.69, 9.17) is 9.47 Å². The monoisotopic (exact) mass is 329 g/mol. The van der Waals surface area contributed by atoms with Crippen LogP contribution < -0.4 is 20.1 Å². The number of ether oxygens (including phenoxy) is 2. The third-order valence-corrected chi connectivity index (χ3v) is 3.68. The summed E-state index contributed by atoms with van der Waals surface area (Å²) in [6, 6.07) is 7.31. The molecule has 1 aromatic carbocycles. The predicted octanol–water partition coefficient (Wildman–Crippen LogP) is 3.56. The van der Waals surface area contributed by atoms with Crippen LogP contribution in [0.2, 0.25) is 0 Å². The molecule has 2 rings (SSSR count). The summed E-state index contributed by atoms with van der Waals surface area (Å²) in [5.74, 6) is 0.939. The highest BCUT2D eigenvalue weighted by atomic mass is 16.5. The van der Waals surface area contributed by atoms with E-state index < -0.39 is 0 Å². The van der Waals surface area contributed by atoms with Gasteiger partial charge in [0.25, 0.3) is 5.91 Å². The van der Waals surface area contributed by atoms with Crippen molar-refractivity contribution in [2.45, 2.75) is 26.3 Å². The molecule has 6 heteroatoms. The third kappa shape index (κ3) is 4.38. The lowest BCUT2D eigenvalue weighted by Crippen LogP contribution is -2.16. The quantitative estimate of drug-likeness (QED) is 0.812. The van der Waals surface area contributed by atoms with Crippen molar-refractivity contribution in [3.63, 3.8) is 0 Å². The topological polar surface area (TPSA) is 72.5 Å². The Hall–Kier alpha value is -2.76. The van der Waals surface area contributed by atoms with Gasteiger partial charge in [-0.3, -0.25) is 9.78 Å². The Morgan fingerprint density at radius 2 is 2.00 bits per heavy atom. The number of anilines is 2. The van der Waals surface area contributed by atoms with Crippen molar-refractivity contribution in [2.75, 3.05) is 24.9 Å². The Morgan fingerprint density at radius 3 is 2.67 bits per heavy atom. The summed E-state index contributed by atoms with van der Waals surface area (Å²) < 4.78 is 10.4. The van der Waals surface area contributed by atoms with E-state index in [2.05, 4.69) is 29.5 Å². The van der Waals surface area contributed by atoms with Crippen molar-refractivity contribution < 1.29 is 14.3 Å². The minimum atomic E-state index is -0.251. The number of carbonyl (C=O) groups excluding carboxylic acids is 1. The molecule has 128 valence electrons. The Bertz CT molecular complexity index is 704. The molecule has 24 heavy (non-hydrogen) atoms. The molecule has 0 aliphatic rings. The van der Waals surface area contributed by atoms with Gasteiger partial charge < -0.3 is 20.1 Å².